The summed E-state index contributed by atoms with van der Waals surface area (Å²) in [5, 5.41) is 8.52. The molecule has 1 aromatic carbocycles. The molecule has 0 aromatic heterocycles. The number of rotatable bonds is 6. The van der Waals surface area contributed by atoms with Gasteiger partial charge in [-0.1, -0.05) is 12.1 Å². The fraction of sp³-hybridized carbons (Fsp3) is 0.455. The van der Waals surface area contributed by atoms with Crippen LogP contribution in [-0.2, 0) is 22.7 Å². The summed E-state index contributed by atoms with van der Waals surface area (Å²) in [6.45, 7) is -0.312. The standard InChI is InChI=1S/C11H14F3NO3S/c12-11(13,14)10-4-2-9(3-5-10)8-15-19(17,18)7-1-6-16/h2-5,15-16H,1,6-8H2. The predicted molar refractivity (Wildman–Crippen MR) is 63.8 cm³/mol. The highest BCUT2D eigenvalue weighted by Gasteiger charge is 2.29. The molecule has 1 rings (SSSR count). The summed E-state index contributed by atoms with van der Waals surface area (Å²) in [7, 11) is -3.51. The molecule has 0 heterocycles. The van der Waals surface area contributed by atoms with Crippen LogP contribution in [-0.4, -0.2) is 25.9 Å². The Kier molecular flexibility index (Phi) is 5.33. The molecule has 0 saturated heterocycles. The van der Waals surface area contributed by atoms with Crippen molar-refractivity contribution in [3.8, 4) is 0 Å². The monoisotopic (exact) mass is 297 g/mol. The van der Waals surface area contributed by atoms with E-state index in [0.717, 1.165) is 12.1 Å². The number of halogens is 3. The molecule has 0 unspecified atom stereocenters. The van der Waals surface area contributed by atoms with Gasteiger partial charge in [0.05, 0.1) is 11.3 Å². The van der Waals surface area contributed by atoms with Gasteiger partial charge in [-0.3, -0.25) is 0 Å². The summed E-state index contributed by atoms with van der Waals surface area (Å²) in [6.07, 6.45) is -4.29. The SMILES string of the molecule is O=S(=O)(CCCO)NCc1ccc(C(F)(F)F)cc1. The molecule has 0 fully saturated rings. The van der Waals surface area contributed by atoms with Crippen LogP contribution < -0.4 is 4.72 Å². The van der Waals surface area contributed by atoms with Gasteiger partial charge in [0.15, 0.2) is 0 Å². The van der Waals surface area contributed by atoms with Gasteiger partial charge in [-0.15, -0.1) is 0 Å². The fourth-order valence-corrected chi connectivity index (χ4v) is 2.37. The molecule has 0 aliphatic rings. The molecule has 19 heavy (non-hydrogen) atoms. The second kappa shape index (κ2) is 6.36. The van der Waals surface area contributed by atoms with Gasteiger partial charge in [-0.25, -0.2) is 13.1 Å². The van der Waals surface area contributed by atoms with E-state index in [1.54, 1.807) is 0 Å². The number of hydrogen-bond donors (Lipinski definition) is 2. The van der Waals surface area contributed by atoms with Gasteiger partial charge in [0.2, 0.25) is 10.0 Å². The van der Waals surface area contributed by atoms with Gasteiger partial charge < -0.3 is 5.11 Å². The van der Waals surface area contributed by atoms with Crippen LogP contribution in [0.1, 0.15) is 17.5 Å². The molecular formula is C11H14F3NO3S. The maximum Gasteiger partial charge on any atom is 0.416 e. The maximum absolute atomic E-state index is 12.3. The molecule has 108 valence electrons. The van der Waals surface area contributed by atoms with E-state index in [4.69, 9.17) is 5.11 Å². The molecule has 0 amide bonds. The molecule has 0 spiro atoms. The molecule has 0 aliphatic heterocycles. The first-order chi connectivity index (χ1) is 8.74. The van der Waals surface area contributed by atoms with Crippen molar-refractivity contribution in [2.45, 2.75) is 19.1 Å². The van der Waals surface area contributed by atoms with Crippen molar-refractivity contribution < 1.29 is 26.7 Å². The van der Waals surface area contributed by atoms with Crippen LogP contribution in [0.4, 0.5) is 13.2 Å². The third kappa shape index (κ3) is 5.58. The lowest BCUT2D eigenvalue weighted by Gasteiger charge is -2.09. The average Bonchev–Trinajstić information content (AvgIpc) is 2.34. The third-order valence-electron chi connectivity index (χ3n) is 2.35. The van der Waals surface area contributed by atoms with E-state index in [-0.39, 0.29) is 25.3 Å². The van der Waals surface area contributed by atoms with Crippen molar-refractivity contribution in [2.75, 3.05) is 12.4 Å². The highest BCUT2D eigenvalue weighted by molar-refractivity contribution is 7.89. The van der Waals surface area contributed by atoms with Crippen LogP contribution in [0, 0.1) is 0 Å². The highest BCUT2D eigenvalue weighted by Crippen LogP contribution is 2.29. The fourth-order valence-electron chi connectivity index (χ4n) is 1.33. The topological polar surface area (TPSA) is 66.4 Å². The van der Waals surface area contributed by atoms with Gasteiger partial charge in [-0.05, 0) is 24.1 Å². The number of aliphatic hydroxyl groups excluding tert-OH is 1. The Morgan fingerprint density at radius 2 is 1.74 bits per heavy atom. The summed E-state index contributed by atoms with van der Waals surface area (Å²) < 4.78 is 61.9. The number of benzene rings is 1. The van der Waals surface area contributed by atoms with Crippen LogP contribution in [0.3, 0.4) is 0 Å². The predicted octanol–water partition coefficient (Wildman–Crippen LogP) is 1.51. The Labute approximate surface area is 109 Å². The summed E-state index contributed by atoms with van der Waals surface area (Å²) >= 11 is 0. The van der Waals surface area contributed by atoms with E-state index in [1.807, 2.05) is 0 Å². The van der Waals surface area contributed by atoms with Crippen molar-refractivity contribution >= 4 is 10.0 Å². The maximum atomic E-state index is 12.3. The molecule has 0 radical (unpaired) electrons. The van der Waals surface area contributed by atoms with Crippen LogP contribution in [0.25, 0.3) is 0 Å². The molecule has 1 aromatic rings. The molecule has 2 N–H and O–H groups in total. The molecular weight excluding hydrogens is 283 g/mol. The van der Waals surface area contributed by atoms with Gasteiger partial charge >= 0.3 is 6.18 Å². The van der Waals surface area contributed by atoms with Crippen molar-refractivity contribution in [3.05, 3.63) is 35.4 Å². The zero-order chi connectivity index (χ0) is 14.5. The number of nitrogens with one attached hydrogen (secondary N) is 1. The lowest BCUT2D eigenvalue weighted by molar-refractivity contribution is -0.137. The summed E-state index contributed by atoms with van der Waals surface area (Å²) in [4.78, 5) is 0. The summed E-state index contributed by atoms with van der Waals surface area (Å²) in [6, 6.07) is 4.24. The van der Waals surface area contributed by atoms with E-state index in [9.17, 15) is 21.6 Å². The quantitative estimate of drug-likeness (QED) is 0.836. The first-order valence-corrected chi connectivity index (χ1v) is 7.14. The number of hydrogen-bond acceptors (Lipinski definition) is 3. The Hall–Kier alpha value is -1.12. The normalized spacial score (nSPS) is 12.6. The Morgan fingerprint density at radius 3 is 2.21 bits per heavy atom. The van der Waals surface area contributed by atoms with Crippen LogP contribution >= 0.6 is 0 Å². The van der Waals surface area contributed by atoms with E-state index in [2.05, 4.69) is 4.72 Å². The minimum absolute atomic E-state index is 0.0775. The lowest BCUT2D eigenvalue weighted by atomic mass is 10.1. The molecule has 4 nitrogen and oxygen atoms in total. The van der Waals surface area contributed by atoms with Gasteiger partial charge in [0.25, 0.3) is 0 Å². The van der Waals surface area contributed by atoms with Crippen LogP contribution in [0.5, 0.6) is 0 Å². The molecule has 8 heteroatoms. The van der Waals surface area contributed by atoms with Crippen LogP contribution in [0.2, 0.25) is 0 Å². The minimum Gasteiger partial charge on any atom is -0.396 e. The zero-order valence-electron chi connectivity index (χ0n) is 9.94. The zero-order valence-corrected chi connectivity index (χ0v) is 10.8. The Morgan fingerprint density at radius 1 is 1.16 bits per heavy atom. The lowest BCUT2D eigenvalue weighted by Crippen LogP contribution is -2.26. The van der Waals surface area contributed by atoms with Crippen LogP contribution in [0.15, 0.2) is 24.3 Å². The van der Waals surface area contributed by atoms with E-state index in [0.29, 0.717) is 5.56 Å². The van der Waals surface area contributed by atoms with Gasteiger partial charge in [-0.2, -0.15) is 13.2 Å². The molecule has 0 bridgehead atoms. The van der Waals surface area contributed by atoms with Gasteiger partial charge in [0, 0.05) is 13.2 Å². The largest absolute Gasteiger partial charge is 0.416 e. The second-order valence-electron chi connectivity index (χ2n) is 3.91. The highest BCUT2D eigenvalue weighted by atomic mass is 32.2. The third-order valence-corrected chi connectivity index (χ3v) is 3.76. The van der Waals surface area contributed by atoms with E-state index in [1.165, 1.54) is 12.1 Å². The Bertz CT molecular complexity index is 497. The van der Waals surface area contributed by atoms with Crippen molar-refractivity contribution in [1.29, 1.82) is 0 Å². The minimum atomic E-state index is -4.40. The summed E-state index contributed by atoms with van der Waals surface area (Å²) in [5.74, 6) is -0.218. The first-order valence-electron chi connectivity index (χ1n) is 5.49. The molecule has 0 saturated carbocycles. The average molecular weight is 297 g/mol. The van der Waals surface area contributed by atoms with Crippen molar-refractivity contribution in [1.82, 2.24) is 4.72 Å². The van der Waals surface area contributed by atoms with Crippen molar-refractivity contribution in [2.24, 2.45) is 0 Å². The second-order valence-corrected chi connectivity index (χ2v) is 5.84. The smallest absolute Gasteiger partial charge is 0.396 e. The van der Waals surface area contributed by atoms with Crippen molar-refractivity contribution in [3.63, 3.8) is 0 Å². The number of alkyl halides is 3. The first kappa shape index (κ1) is 15.9. The Balaban J connectivity index is 2.60. The van der Waals surface area contributed by atoms with Gasteiger partial charge in [0.1, 0.15) is 0 Å². The number of aliphatic hydroxyl groups is 1. The summed E-state index contributed by atoms with van der Waals surface area (Å²) in [5.41, 5.74) is -0.347. The van der Waals surface area contributed by atoms with E-state index < -0.39 is 21.8 Å². The molecule has 0 atom stereocenters. The molecule has 0 aliphatic carbocycles. The number of sulfonamides is 1. The van der Waals surface area contributed by atoms with E-state index >= 15 is 0 Å².